The van der Waals surface area contributed by atoms with Crippen LogP contribution in [-0.2, 0) is 16.6 Å². The number of piperazine rings is 1. The van der Waals surface area contributed by atoms with Gasteiger partial charge in [-0.05, 0) is 19.8 Å². The number of rotatable bonds is 6. The van der Waals surface area contributed by atoms with Crippen molar-refractivity contribution >= 4 is 17.5 Å². The Morgan fingerprint density at radius 3 is 2.57 bits per heavy atom. The van der Waals surface area contributed by atoms with Gasteiger partial charge in [-0.1, -0.05) is 13.8 Å². The van der Waals surface area contributed by atoms with Gasteiger partial charge in [-0.15, -0.1) is 0 Å². The molecule has 0 aromatic carbocycles. The van der Waals surface area contributed by atoms with Crippen LogP contribution in [0.3, 0.4) is 0 Å². The fourth-order valence-corrected chi connectivity index (χ4v) is 2.82. The van der Waals surface area contributed by atoms with E-state index in [0.29, 0.717) is 13.1 Å². The smallest absolute Gasteiger partial charge is 0.241 e. The standard InChI is InChI=1S/C16H27N5O2/c1-5-13(6-2)18-16(23)12(3)20-7-8-21(15(22)11-20)14-9-17-19(4)10-14/h9-10,12-13H,5-8,11H2,1-4H3,(H,18,23). The first-order valence-corrected chi connectivity index (χ1v) is 8.29. The number of nitrogens with zero attached hydrogens (tertiary/aromatic N) is 4. The number of carbonyl (C=O) groups excluding carboxylic acids is 2. The average molecular weight is 321 g/mol. The number of hydrogen-bond acceptors (Lipinski definition) is 4. The fraction of sp³-hybridized carbons (Fsp3) is 0.688. The molecule has 1 aliphatic heterocycles. The van der Waals surface area contributed by atoms with Crippen LogP contribution in [0, 0.1) is 0 Å². The molecule has 1 N–H and O–H groups in total. The molecule has 0 bridgehead atoms. The van der Waals surface area contributed by atoms with Crippen molar-refractivity contribution in [2.45, 2.75) is 45.7 Å². The molecular weight excluding hydrogens is 294 g/mol. The van der Waals surface area contributed by atoms with Gasteiger partial charge in [0.15, 0.2) is 0 Å². The van der Waals surface area contributed by atoms with E-state index in [1.165, 1.54) is 0 Å². The van der Waals surface area contributed by atoms with E-state index in [2.05, 4.69) is 24.3 Å². The van der Waals surface area contributed by atoms with Gasteiger partial charge in [0.1, 0.15) is 0 Å². The Kier molecular flexibility index (Phi) is 5.76. The van der Waals surface area contributed by atoms with E-state index in [9.17, 15) is 9.59 Å². The number of anilines is 1. The maximum atomic E-state index is 12.4. The van der Waals surface area contributed by atoms with Gasteiger partial charge in [0.25, 0.3) is 0 Å². The summed E-state index contributed by atoms with van der Waals surface area (Å²) in [6.07, 6.45) is 5.36. The molecule has 128 valence electrons. The number of aromatic nitrogens is 2. The van der Waals surface area contributed by atoms with E-state index in [1.54, 1.807) is 15.8 Å². The molecule has 0 saturated carbocycles. The Morgan fingerprint density at radius 1 is 1.35 bits per heavy atom. The topological polar surface area (TPSA) is 70.5 Å². The van der Waals surface area contributed by atoms with Crippen LogP contribution >= 0.6 is 0 Å². The van der Waals surface area contributed by atoms with Crippen molar-refractivity contribution in [3.63, 3.8) is 0 Å². The summed E-state index contributed by atoms with van der Waals surface area (Å²) in [6, 6.07) is -0.0899. The van der Waals surface area contributed by atoms with E-state index < -0.39 is 0 Å². The summed E-state index contributed by atoms with van der Waals surface area (Å²) in [5, 5.41) is 7.16. The van der Waals surface area contributed by atoms with Crippen molar-refractivity contribution in [1.82, 2.24) is 20.0 Å². The molecule has 2 amide bonds. The van der Waals surface area contributed by atoms with Gasteiger partial charge in [0.2, 0.25) is 11.8 Å². The van der Waals surface area contributed by atoms with Crippen molar-refractivity contribution in [1.29, 1.82) is 0 Å². The summed E-state index contributed by atoms with van der Waals surface area (Å²) in [4.78, 5) is 28.4. The molecule has 1 aromatic rings. The van der Waals surface area contributed by atoms with Gasteiger partial charge >= 0.3 is 0 Å². The zero-order valence-electron chi connectivity index (χ0n) is 14.5. The minimum absolute atomic E-state index is 0.00123. The molecule has 7 nitrogen and oxygen atoms in total. The second-order valence-corrected chi connectivity index (χ2v) is 6.09. The highest BCUT2D eigenvalue weighted by Crippen LogP contribution is 2.17. The van der Waals surface area contributed by atoms with Crippen molar-refractivity contribution in [3.05, 3.63) is 12.4 Å². The molecule has 2 rings (SSSR count). The summed E-state index contributed by atoms with van der Waals surface area (Å²) in [6.45, 7) is 7.51. The van der Waals surface area contributed by atoms with Crippen LogP contribution in [0.1, 0.15) is 33.6 Å². The highest BCUT2D eigenvalue weighted by atomic mass is 16.2. The predicted octanol–water partition coefficient (Wildman–Crippen LogP) is 0.762. The SMILES string of the molecule is CCC(CC)NC(=O)C(C)N1CCN(c2cnn(C)c2)C(=O)C1. The largest absolute Gasteiger partial charge is 0.352 e. The molecule has 1 saturated heterocycles. The van der Waals surface area contributed by atoms with Crippen LogP contribution in [0.15, 0.2) is 12.4 Å². The molecular formula is C16H27N5O2. The van der Waals surface area contributed by atoms with Gasteiger partial charge in [-0.25, -0.2) is 0 Å². The van der Waals surface area contributed by atoms with Crippen molar-refractivity contribution in [2.24, 2.45) is 7.05 Å². The van der Waals surface area contributed by atoms with Crippen LogP contribution in [-0.4, -0.2) is 58.2 Å². The van der Waals surface area contributed by atoms with Gasteiger partial charge in [0, 0.05) is 32.4 Å². The first-order valence-electron chi connectivity index (χ1n) is 8.29. The summed E-state index contributed by atoms with van der Waals surface area (Å²) in [7, 11) is 1.83. The molecule has 1 unspecified atom stereocenters. The molecule has 1 aliphatic rings. The number of aryl methyl sites for hydroxylation is 1. The first kappa shape index (κ1) is 17.5. The third kappa shape index (κ3) is 4.10. The lowest BCUT2D eigenvalue weighted by atomic mass is 10.1. The van der Waals surface area contributed by atoms with Gasteiger partial charge < -0.3 is 10.2 Å². The highest BCUT2D eigenvalue weighted by molar-refractivity contribution is 5.95. The Hall–Kier alpha value is -1.89. The van der Waals surface area contributed by atoms with Crippen LogP contribution in [0.2, 0.25) is 0 Å². The Balaban J connectivity index is 1.94. The van der Waals surface area contributed by atoms with E-state index in [-0.39, 0.29) is 30.4 Å². The minimum atomic E-state index is -0.296. The zero-order valence-corrected chi connectivity index (χ0v) is 14.5. The lowest BCUT2D eigenvalue weighted by Gasteiger charge is -2.36. The van der Waals surface area contributed by atoms with Crippen LogP contribution < -0.4 is 10.2 Å². The highest BCUT2D eigenvalue weighted by Gasteiger charge is 2.31. The monoisotopic (exact) mass is 321 g/mol. The normalized spacial score (nSPS) is 17.6. The van der Waals surface area contributed by atoms with Crippen molar-refractivity contribution in [2.75, 3.05) is 24.5 Å². The molecule has 2 heterocycles. The maximum Gasteiger partial charge on any atom is 0.241 e. The number of amides is 2. The first-order chi connectivity index (χ1) is 11.0. The molecule has 0 spiro atoms. The molecule has 23 heavy (non-hydrogen) atoms. The van der Waals surface area contributed by atoms with E-state index in [0.717, 1.165) is 18.5 Å². The summed E-state index contributed by atoms with van der Waals surface area (Å²) in [5.41, 5.74) is 0.811. The number of hydrogen-bond donors (Lipinski definition) is 1. The Labute approximate surface area is 137 Å². The van der Waals surface area contributed by atoms with E-state index >= 15 is 0 Å². The third-order valence-electron chi connectivity index (χ3n) is 4.51. The molecule has 1 atom stereocenters. The lowest BCUT2D eigenvalue weighted by molar-refractivity contribution is -0.129. The van der Waals surface area contributed by atoms with Crippen molar-refractivity contribution < 1.29 is 9.59 Å². The van der Waals surface area contributed by atoms with Crippen LogP contribution in [0.25, 0.3) is 0 Å². The predicted molar refractivity (Wildman–Crippen MR) is 89.1 cm³/mol. The third-order valence-corrected chi connectivity index (χ3v) is 4.51. The number of nitrogens with one attached hydrogen (secondary N) is 1. The average Bonchev–Trinajstić information content (AvgIpc) is 2.97. The lowest BCUT2D eigenvalue weighted by Crippen LogP contribution is -2.57. The molecule has 1 aromatic heterocycles. The minimum Gasteiger partial charge on any atom is -0.352 e. The fourth-order valence-electron chi connectivity index (χ4n) is 2.82. The van der Waals surface area contributed by atoms with Gasteiger partial charge in [-0.3, -0.25) is 19.2 Å². The van der Waals surface area contributed by atoms with Gasteiger partial charge in [-0.2, -0.15) is 5.10 Å². The zero-order chi connectivity index (χ0) is 17.0. The quantitative estimate of drug-likeness (QED) is 0.840. The molecule has 0 aliphatic carbocycles. The Bertz CT molecular complexity index is 552. The van der Waals surface area contributed by atoms with Crippen molar-refractivity contribution in [3.8, 4) is 0 Å². The number of carbonyl (C=O) groups is 2. The summed E-state index contributed by atoms with van der Waals surface area (Å²) >= 11 is 0. The summed E-state index contributed by atoms with van der Waals surface area (Å²) < 4.78 is 1.68. The molecule has 7 heteroatoms. The van der Waals surface area contributed by atoms with E-state index in [4.69, 9.17) is 0 Å². The second kappa shape index (κ2) is 7.59. The second-order valence-electron chi connectivity index (χ2n) is 6.09. The summed E-state index contributed by atoms with van der Waals surface area (Å²) in [5.74, 6) is 0.00719. The Morgan fingerprint density at radius 2 is 2.04 bits per heavy atom. The van der Waals surface area contributed by atoms with Gasteiger partial charge in [0.05, 0.1) is 24.5 Å². The molecule has 1 fully saturated rings. The van der Waals surface area contributed by atoms with E-state index in [1.807, 2.05) is 25.1 Å². The molecule has 0 radical (unpaired) electrons. The van der Waals surface area contributed by atoms with Crippen LogP contribution in [0.4, 0.5) is 5.69 Å². The maximum absolute atomic E-state index is 12.4. The van der Waals surface area contributed by atoms with Crippen LogP contribution in [0.5, 0.6) is 0 Å².